The Kier molecular flexibility index (Phi) is 5.41. The van der Waals surface area contributed by atoms with Crippen LogP contribution < -0.4 is 9.47 Å². The van der Waals surface area contributed by atoms with Crippen LogP contribution in [0.15, 0.2) is 47.1 Å². The Labute approximate surface area is 168 Å². The largest absolute Gasteiger partial charge is 0.493 e. The van der Waals surface area contributed by atoms with Crippen LogP contribution in [-0.2, 0) is 11.2 Å². The number of rotatable bonds is 7. The van der Waals surface area contributed by atoms with Crippen molar-refractivity contribution in [2.24, 2.45) is 0 Å². The molecule has 8 heteroatoms. The van der Waals surface area contributed by atoms with Gasteiger partial charge in [-0.05, 0) is 36.2 Å². The van der Waals surface area contributed by atoms with E-state index in [1.54, 1.807) is 20.4 Å². The summed E-state index contributed by atoms with van der Waals surface area (Å²) in [4.78, 5) is 23.0. The van der Waals surface area contributed by atoms with Crippen molar-refractivity contribution in [1.29, 1.82) is 0 Å². The van der Waals surface area contributed by atoms with Crippen LogP contribution in [0, 0.1) is 0 Å². The number of nitrogens with zero attached hydrogens (tertiary/aromatic N) is 4. The van der Waals surface area contributed by atoms with E-state index >= 15 is 0 Å². The van der Waals surface area contributed by atoms with Gasteiger partial charge in [-0.25, -0.2) is 0 Å². The molecule has 29 heavy (non-hydrogen) atoms. The Morgan fingerprint density at radius 1 is 1.17 bits per heavy atom. The molecule has 1 atom stereocenters. The summed E-state index contributed by atoms with van der Waals surface area (Å²) in [7, 11) is 3.22. The van der Waals surface area contributed by atoms with Gasteiger partial charge in [-0.1, -0.05) is 17.3 Å². The number of amides is 1. The Balaban J connectivity index is 1.39. The summed E-state index contributed by atoms with van der Waals surface area (Å²) in [6.45, 7) is 1.20. The molecule has 8 nitrogen and oxygen atoms in total. The van der Waals surface area contributed by atoms with Crippen molar-refractivity contribution in [3.63, 3.8) is 0 Å². The number of hydrogen-bond donors (Lipinski definition) is 0. The van der Waals surface area contributed by atoms with Crippen molar-refractivity contribution in [2.45, 2.75) is 18.8 Å². The Morgan fingerprint density at radius 3 is 2.79 bits per heavy atom. The first-order chi connectivity index (χ1) is 14.2. The maximum absolute atomic E-state index is 12.5. The van der Waals surface area contributed by atoms with Gasteiger partial charge in [0, 0.05) is 31.6 Å². The molecular weight excluding hydrogens is 372 g/mol. The van der Waals surface area contributed by atoms with E-state index in [4.69, 9.17) is 14.0 Å². The standard InChI is InChI=1S/C21H22N4O4/c1-27-17-7-6-14(11-18(17)28-2)8-10-25-13-15(12-19(25)26)20-23-21(29-24-20)16-5-3-4-9-22-16/h3-7,9,11,15H,8,10,12-13H2,1-2H3. The van der Waals surface area contributed by atoms with Gasteiger partial charge in [0.1, 0.15) is 5.69 Å². The second-order valence-electron chi connectivity index (χ2n) is 6.85. The van der Waals surface area contributed by atoms with Crippen molar-refractivity contribution in [3.8, 4) is 23.1 Å². The number of carbonyl (C=O) groups excluding carboxylic acids is 1. The molecule has 3 aromatic rings. The van der Waals surface area contributed by atoms with E-state index in [-0.39, 0.29) is 11.8 Å². The number of hydrogen-bond acceptors (Lipinski definition) is 7. The number of carbonyl (C=O) groups is 1. The first-order valence-corrected chi connectivity index (χ1v) is 9.41. The molecule has 0 bridgehead atoms. The van der Waals surface area contributed by atoms with Gasteiger partial charge in [-0.2, -0.15) is 4.98 Å². The molecule has 2 aromatic heterocycles. The highest BCUT2D eigenvalue weighted by atomic mass is 16.5. The minimum absolute atomic E-state index is 0.0749. The SMILES string of the molecule is COc1ccc(CCN2CC(c3noc(-c4ccccn4)n3)CC2=O)cc1OC. The Bertz CT molecular complexity index is 989. The molecule has 0 N–H and O–H groups in total. The van der Waals surface area contributed by atoms with E-state index in [0.29, 0.717) is 48.4 Å². The molecule has 1 aromatic carbocycles. The Hall–Kier alpha value is -3.42. The van der Waals surface area contributed by atoms with Gasteiger partial charge in [0.15, 0.2) is 17.3 Å². The molecular formula is C21H22N4O4. The second kappa shape index (κ2) is 8.30. The van der Waals surface area contributed by atoms with Gasteiger partial charge in [0.2, 0.25) is 5.91 Å². The summed E-state index contributed by atoms with van der Waals surface area (Å²) >= 11 is 0. The average Bonchev–Trinajstić information content (AvgIpc) is 3.39. The highest BCUT2D eigenvalue weighted by Gasteiger charge is 2.33. The van der Waals surface area contributed by atoms with Gasteiger partial charge in [-0.3, -0.25) is 9.78 Å². The fourth-order valence-electron chi connectivity index (χ4n) is 3.46. The fourth-order valence-corrected chi connectivity index (χ4v) is 3.46. The monoisotopic (exact) mass is 394 g/mol. The summed E-state index contributed by atoms with van der Waals surface area (Å²) in [5.41, 5.74) is 1.71. The number of likely N-dealkylation sites (tertiary alicyclic amines) is 1. The molecule has 0 radical (unpaired) electrons. The summed E-state index contributed by atoms with van der Waals surface area (Å²) < 4.78 is 15.9. The van der Waals surface area contributed by atoms with Crippen molar-refractivity contribution in [2.75, 3.05) is 27.3 Å². The third-order valence-electron chi connectivity index (χ3n) is 5.02. The van der Waals surface area contributed by atoms with E-state index in [2.05, 4.69) is 15.1 Å². The molecule has 1 saturated heterocycles. The van der Waals surface area contributed by atoms with E-state index in [1.165, 1.54) is 0 Å². The van der Waals surface area contributed by atoms with Gasteiger partial charge in [0.05, 0.1) is 14.2 Å². The van der Waals surface area contributed by atoms with Crippen molar-refractivity contribution in [1.82, 2.24) is 20.0 Å². The first kappa shape index (κ1) is 18.9. The molecule has 1 unspecified atom stereocenters. The number of benzene rings is 1. The number of aromatic nitrogens is 3. The maximum Gasteiger partial charge on any atom is 0.276 e. The van der Waals surface area contributed by atoms with E-state index in [1.807, 2.05) is 41.3 Å². The molecule has 0 saturated carbocycles. The lowest BCUT2D eigenvalue weighted by molar-refractivity contribution is -0.127. The van der Waals surface area contributed by atoms with Crippen LogP contribution in [0.5, 0.6) is 11.5 Å². The topological polar surface area (TPSA) is 90.6 Å². The smallest absolute Gasteiger partial charge is 0.276 e. The zero-order chi connectivity index (χ0) is 20.2. The number of methoxy groups -OCH3 is 2. The predicted molar refractivity (Wildman–Crippen MR) is 105 cm³/mol. The van der Waals surface area contributed by atoms with Crippen LogP contribution in [0.25, 0.3) is 11.6 Å². The zero-order valence-electron chi connectivity index (χ0n) is 16.4. The van der Waals surface area contributed by atoms with Crippen LogP contribution in [0.3, 0.4) is 0 Å². The summed E-state index contributed by atoms with van der Waals surface area (Å²) in [5.74, 6) is 2.32. The maximum atomic E-state index is 12.5. The minimum Gasteiger partial charge on any atom is -0.493 e. The molecule has 1 aliphatic rings. The summed E-state index contributed by atoms with van der Waals surface area (Å²) in [6, 6.07) is 11.3. The molecule has 0 spiro atoms. The van der Waals surface area contributed by atoms with Gasteiger partial charge >= 0.3 is 0 Å². The van der Waals surface area contributed by atoms with E-state index < -0.39 is 0 Å². The predicted octanol–water partition coefficient (Wildman–Crippen LogP) is 2.71. The van der Waals surface area contributed by atoms with Crippen molar-refractivity contribution >= 4 is 5.91 Å². The molecule has 150 valence electrons. The number of pyridine rings is 1. The van der Waals surface area contributed by atoms with Gasteiger partial charge < -0.3 is 18.9 Å². The van der Waals surface area contributed by atoms with Gasteiger partial charge in [0.25, 0.3) is 5.89 Å². The normalized spacial score (nSPS) is 16.3. The molecule has 1 fully saturated rings. The molecule has 1 aliphatic heterocycles. The molecule has 0 aliphatic carbocycles. The summed E-state index contributed by atoms with van der Waals surface area (Å²) in [5, 5.41) is 4.07. The van der Waals surface area contributed by atoms with Crippen LogP contribution in [0.2, 0.25) is 0 Å². The lowest BCUT2D eigenvalue weighted by atomic mass is 10.1. The first-order valence-electron chi connectivity index (χ1n) is 9.41. The average molecular weight is 394 g/mol. The fraction of sp³-hybridized carbons (Fsp3) is 0.333. The van der Waals surface area contributed by atoms with Gasteiger partial charge in [-0.15, -0.1) is 0 Å². The van der Waals surface area contributed by atoms with Crippen LogP contribution in [-0.4, -0.2) is 53.2 Å². The van der Waals surface area contributed by atoms with Crippen LogP contribution in [0.1, 0.15) is 23.7 Å². The third-order valence-corrected chi connectivity index (χ3v) is 5.02. The van der Waals surface area contributed by atoms with Crippen LogP contribution >= 0.6 is 0 Å². The molecule has 1 amide bonds. The molecule has 4 rings (SSSR count). The van der Waals surface area contributed by atoms with Crippen molar-refractivity contribution < 1.29 is 18.8 Å². The summed E-state index contributed by atoms with van der Waals surface area (Å²) in [6.07, 6.45) is 2.78. The second-order valence-corrected chi connectivity index (χ2v) is 6.85. The van der Waals surface area contributed by atoms with E-state index in [9.17, 15) is 4.79 Å². The highest BCUT2D eigenvalue weighted by molar-refractivity contribution is 5.79. The highest BCUT2D eigenvalue weighted by Crippen LogP contribution is 2.30. The quantitative estimate of drug-likeness (QED) is 0.608. The number of ether oxygens (including phenoxy) is 2. The zero-order valence-corrected chi connectivity index (χ0v) is 16.4. The Morgan fingerprint density at radius 2 is 2.03 bits per heavy atom. The van der Waals surface area contributed by atoms with Crippen LogP contribution in [0.4, 0.5) is 0 Å². The van der Waals surface area contributed by atoms with E-state index in [0.717, 1.165) is 12.0 Å². The van der Waals surface area contributed by atoms with Crippen molar-refractivity contribution in [3.05, 3.63) is 54.0 Å². The lowest BCUT2D eigenvalue weighted by Gasteiger charge is -2.16. The third kappa shape index (κ3) is 4.06. The minimum atomic E-state index is -0.0749. The molecule has 3 heterocycles. The lowest BCUT2D eigenvalue weighted by Crippen LogP contribution is -2.27.